The molecular weight excluding hydrogens is 250 g/mol. The second-order valence-electron chi connectivity index (χ2n) is 4.64. The fourth-order valence-electron chi connectivity index (χ4n) is 2.31. The SMILES string of the molecule is COCc1nnc2sc(CCC3CCNC3)nn12. The summed E-state index contributed by atoms with van der Waals surface area (Å²) in [6.07, 6.45) is 3.53. The summed E-state index contributed by atoms with van der Waals surface area (Å²) in [4.78, 5) is 0.863. The quantitative estimate of drug-likeness (QED) is 0.871. The first-order valence-electron chi connectivity index (χ1n) is 6.26. The molecule has 0 spiro atoms. The summed E-state index contributed by atoms with van der Waals surface area (Å²) in [5.41, 5.74) is 0. The van der Waals surface area contributed by atoms with Gasteiger partial charge in [-0.25, -0.2) is 0 Å². The predicted molar refractivity (Wildman–Crippen MR) is 68.7 cm³/mol. The lowest BCUT2D eigenvalue weighted by molar-refractivity contribution is 0.176. The van der Waals surface area contributed by atoms with Gasteiger partial charge in [-0.3, -0.25) is 0 Å². The average Bonchev–Trinajstić information content (AvgIpc) is 3.04. The van der Waals surface area contributed by atoms with Gasteiger partial charge in [0, 0.05) is 13.5 Å². The van der Waals surface area contributed by atoms with Crippen LogP contribution in [0.15, 0.2) is 0 Å². The summed E-state index contributed by atoms with van der Waals surface area (Å²) >= 11 is 1.63. The number of nitrogens with zero attached hydrogens (tertiary/aromatic N) is 4. The van der Waals surface area contributed by atoms with Gasteiger partial charge in [0.15, 0.2) is 5.82 Å². The Bertz CT molecular complexity index is 516. The number of nitrogens with one attached hydrogen (secondary N) is 1. The monoisotopic (exact) mass is 267 g/mol. The zero-order valence-corrected chi connectivity index (χ0v) is 11.2. The van der Waals surface area contributed by atoms with Crippen molar-refractivity contribution < 1.29 is 4.74 Å². The highest BCUT2D eigenvalue weighted by atomic mass is 32.1. The van der Waals surface area contributed by atoms with Crippen LogP contribution in [0.2, 0.25) is 0 Å². The summed E-state index contributed by atoms with van der Waals surface area (Å²) in [6, 6.07) is 0. The number of fused-ring (bicyclic) bond motifs is 1. The van der Waals surface area contributed by atoms with Crippen LogP contribution in [0.25, 0.3) is 4.96 Å². The van der Waals surface area contributed by atoms with E-state index in [-0.39, 0.29) is 0 Å². The smallest absolute Gasteiger partial charge is 0.234 e. The molecule has 0 saturated carbocycles. The minimum absolute atomic E-state index is 0.455. The molecule has 98 valence electrons. The molecule has 18 heavy (non-hydrogen) atoms. The van der Waals surface area contributed by atoms with Gasteiger partial charge in [-0.2, -0.15) is 9.61 Å². The van der Waals surface area contributed by atoms with Crippen molar-refractivity contribution in [2.24, 2.45) is 5.92 Å². The zero-order valence-electron chi connectivity index (χ0n) is 10.4. The van der Waals surface area contributed by atoms with E-state index in [1.165, 1.54) is 12.8 Å². The second kappa shape index (κ2) is 5.29. The molecule has 1 atom stereocenters. The molecule has 3 rings (SSSR count). The average molecular weight is 267 g/mol. The predicted octanol–water partition coefficient (Wildman–Crippen LogP) is 0.874. The Kier molecular flexibility index (Phi) is 3.53. The Morgan fingerprint density at radius 1 is 1.50 bits per heavy atom. The van der Waals surface area contributed by atoms with Gasteiger partial charge >= 0.3 is 0 Å². The van der Waals surface area contributed by atoms with Crippen molar-refractivity contribution in [2.75, 3.05) is 20.2 Å². The van der Waals surface area contributed by atoms with Gasteiger partial charge in [-0.15, -0.1) is 10.2 Å². The Morgan fingerprint density at radius 2 is 2.44 bits per heavy atom. The number of methoxy groups -OCH3 is 1. The maximum Gasteiger partial charge on any atom is 0.234 e. The van der Waals surface area contributed by atoms with Crippen LogP contribution in [0.3, 0.4) is 0 Å². The van der Waals surface area contributed by atoms with Gasteiger partial charge in [0.1, 0.15) is 11.6 Å². The number of hydrogen-bond donors (Lipinski definition) is 1. The third kappa shape index (κ3) is 2.38. The van der Waals surface area contributed by atoms with Gasteiger partial charge in [0.25, 0.3) is 0 Å². The summed E-state index contributed by atoms with van der Waals surface area (Å²) in [7, 11) is 1.65. The van der Waals surface area contributed by atoms with Crippen LogP contribution in [0, 0.1) is 5.92 Å². The molecule has 3 heterocycles. The zero-order chi connectivity index (χ0) is 12.4. The van der Waals surface area contributed by atoms with Crippen LogP contribution in [0.1, 0.15) is 23.7 Å². The Morgan fingerprint density at radius 3 is 3.22 bits per heavy atom. The van der Waals surface area contributed by atoms with Crippen molar-refractivity contribution >= 4 is 16.3 Å². The lowest BCUT2D eigenvalue weighted by atomic mass is 10.0. The van der Waals surface area contributed by atoms with E-state index in [0.717, 1.165) is 41.2 Å². The molecule has 7 heteroatoms. The van der Waals surface area contributed by atoms with Crippen molar-refractivity contribution in [3.05, 3.63) is 10.8 Å². The summed E-state index contributed by atoms with van der Waals surface area (Å²) in [5.74, 6) is 1.58. The molecule has 2 aromatic heterocycles. The Balaban J connectivity index is 1.68. The van der Waals surface area contributed by atoms with Crippen LogP contribution < -0.4 is 5.32 Å². The van der Waals surface area contributed by atoms with Gasteiger partial charge in [0.2, 0.25) is 4.96 Å². The fraction of sp³-hybridized carbons (Fsp3) is 0.727. The highest BCUT2D eigenvalue weighted by Crippen LogP contribution is 2.20. The van der Waals surface area contributed by atoms with E-state index < -0.39 is 0 Å². The first-order valence-corrected chi connectivity index (χ1v) is 7.08. The lowest BCUT2D eigenvalue weighted by Gasteiger charge is -2.04. The van der Waals surface area contributed by atoms with E-state index in [2.05, 4.69) is 20.6 Å². The maximum atomic E-state index is 5.08. The minimum Gasteiger partial charge on any atom is -0.377 e. The molecule has 0 bridgehead atoms. The molecule has 0 aromatic carbocycles. The highest BCUT2D eigenvalue weighted by molar-refractivity contribution is 7.16. The molecule has 1 N–H and O–H groups in total. The van der Waals surface area contributed by atoms with Crippen LogP contribution in [-0.4, -0.2) is 40.0 Å². The van der Waals surface area contributed by atoms with Crippen molar-refractivity contribution in [1.82, 2.24) is 25.1 Å². The van der Waals surface area contributed by atoms with E-state index in [1.54, 1.807) is 23.0 Å². The number of aromatic nitrogens is 4. The second-order valence-corrected chi connectivity index (χ2v) is 5.68. The highest BCUT2D eigenvalue weighted by Gasteiger charge is 2.16. The van der Waals surface area contributed by atoms with Gasteiger partial charge in [0.05, 0.1) is 0 Å². The van der Waals surface area contributed by atoms with Crippen molar-refractivity contribution in [2.45, 2.75) is 25.9 Å². The van der Waals surface area contributed by atoms with Crippen molar-refractivity contribution in [1.29, 1.82) is 0 Å². The van der Waals surface area contributed by atoms with Crippen molar-refractivity contribution in [3.8, 4) is 0 Å². The number of rotatable bonds is 5. The van der Waals surface area contributed by atoms with Crippen LogP contribution in [0.5, 0.6) is 0 Å². The van der Waals surface area contributed by atoms with Crippen LogP contribution in [0.4, 0.5) is 0 Å². The molecule has 1 fully saturated rings. The molecular formula is C11H17N5OS. The minimum atomic E-state index is 0.455. The molecule has 2 aromatic rings. The van der Waals surface area contributed by atoms with Crippen molar-refractivity contribution in [3.63, 3.8) is 0 Å². The Hall–Kier alpha value is -1.05. The van der Waals surface area contributed by atoms with Gasteiger partial charge < -0.3 is 10.1 Å². The first kappa shape index (κ1) is 12.0. The fourth-order valence-corrected chi connectivity index (χ4v) is 3.17. The molecule has 1 unspecified atom stereocenters. The van der Waals surface area contributed by atoms with E-state index in [0.29, 0.717) is 6.61 Å². The molecule has 0 radical (unpaired) electrons. The summed E-state index contributed by atoms with van der Waals surface area (Å²) < 4.78 is 6.88. The van der Waals surface area contributed by atoms with Crippen LogP contribution in [-0.2, 0) is 17.8 Å². The number of aryl methyl sites for hydroxylation is 1. The van der Waals surface area contributed by atoms with Crippen LogP contribution >= 0.6 is 11.3 Å². The molecule has 0 aliphatic carbocycles. The van der Waals surface area contributed by atoms with E-state index in [9.17, 15) is 0 Å². The third-order valence-corrected chi connectivity index (χ3v) is 4.26. The lowest BCUT2D eigenvalue weighted by Crippen LogP contribution is -2.09. The number of hydrogen-bond acceptors (Lipinski definition) is 6. The van der Waals surface area contributed by atoms with E-state index in [1.807, 2.05) is 0 Å². The standard InChI is InChI=1S/C11H17N5OS/c1-17-7-9-13-14-11-16(9)15-10(18-11)3-2-8-4-5-12-6-8/h8,12H,2-7H2,1H3. The maximum absolute atomic E-state index is 5.08. The normalized spacial score (nSPS) is 19.9. The number of ether oxygens (including phenoxy) is 1. The summed E-state index contributed by atoms with van der Waals surface area (Å²) in [6.45, 7) is 2.77. The molecule has 6 nitrogen and oxygen atoms in total. The van der Waals surface area contributed by atoms with E-state index >= 15 is 0 Å². The molecule has 1 aliphatic heterocycles. The van der Waals surface area contributed by atoms with E-state index in [4.69, 9.17) is 4.74 Å². The summed E-state index contributed by atoms with van der Waals surface area (Å²) in [5, 5.41) is 17.3. The largest absolute Gasteiger partial charge is 0.377 e. The third-order valence-electron chi connectivity index (χ3n) is 3.30. The molecule has 0 amide bonds. The molecule has 1 aliphatic rings. The topological polar surface area (TPSA) is 64.3 Å². The Labute approximate surface area is 109 Å². The first-order chi connectivity index (χ1) is 8.86. The van der Waals surface area contributed by atoms with Gasteiger partial charge in [-0.05, 0) is 31.8 Å². The molecule has 1 saturated heterocycles. The van der Waals surface area contributed by atoms with Gasteiger partial charge in [-0.1, -0.05) is 11.3 Å².